The normalized spacial score (nSPS) is 14.6. The fourth-order valence-corrected chi connectivity index (χ4v) is 2.79. The highest BCUT2D eigenvalue weighted by Gasteiger charge is 2.20. The van der Waals surface area contributed by atoms with E-state index < -0.39 is 0 Å². The van der Waals surface area contributed by atoms with Crippen LogP contribution >= 0.6 is 0 Å². The third-order valence-electron chi connectivity index (χ3n) is 4.91. The van der Waals surface area contributed by atoms with Crippen molar-refractivity contribution in [1.29, 1.82) is 5.26 Å². The van der Waals surface area contributed by atoms with Crippen molar-refractivity contribution < 1.29 is 4.79 Å². The zero-order chi connectivity index (χ0) is 20.0. The first-order valence-corrected chi connectivity index (χ1v) is 9.04. The van der Waals surface area contributed by atoms with Crippen LogP contribution in [0.5, 0.6) is 0 Å². The van der Waals surface area contributed by atoms with Crippen LogP contribution in [0.2, 0.25) is 0 Å². The summed E-state index contributed by atoms with van der Waals surface area (Å²) in [5.41, 5.74) is 11.0. The Morgan fingerprint density at radius 3 is 2.52 bits per heavy atom. The van der Waals surface area contributed by atoms with Crippen molar-refractivity contribution in [2.45, 2.75) is 46.6 Å². The number of hydrogen-bond donors (Lipinski definition) is 3. The Labute approximate surface area is 160 Å². The molecule has 0 heterocycles. The summed E-state index contributed by atoms with van der Waals surface area (Å²) in [4.78, 5) is 16.7. The topological polar surface area (TPSA) is 103 Å². The quantitative estimate of drug-likeness (QED) is 0.533. The fraction of sp³-hybridized carbons (Fsp3) is 0.381. The largest absolute Gasteiger partial charge is 0.390 e. The van der Waals surface area contributed by atoms with Crippen LogP contribution in [0.3, 0.4) is 0 Å². The van der Waals surface area contributed by atoms with Crippen LogP contribution in [0, 0.1) is 25.2 Å². The van der Waals surface area contributed by atoms with Crippen LogP contribution in [0.1, 0.15) is 42.9 Å². The predicted octanol–water partition coefficient (Wildman–Crippen LogP) is 2.73. The third kappa shape index (κ3) is 4.98. The molecule has 1 aromatic rings. The van der Waals surface area contributed by atoms with Crippen molar-refractivity contribution in [2.24, 2.45) is 10.7 Å². The highest BCUT2D eigenvalue weighted by molar-refractivity contribution is 6.45. The number of benzene rings is 1. The van der Waals surface area contributed by atoms with E-state index in [1.54, 1.807) is 6.92 Å². The minimum absolute atomic E-state index is 0.00770. The number of nitrogens with zero attached hydrogens (tertiary/aromatic N) is 2. The number of aliphatic imine (C=N–C) groups is 1. The van der Waals surface area contributed by atoms with Crippen LogP contribution in [-0.2, 0) is 11.3 Å². The highest BCUT2D eigenvalue weighted by Crippen LogP contribution is 2.27. The van der Waals surface area contributed by atoms with Gasteiger partial charge in [-0.3, -0.25) is 9.79 Å². The number of nitrogens with two attached hydrogens (primary N) is 1. The van der Waals surface area contributed by atoms with E-state index in [9.17, 15) is 4.79 Å². The second-order valence-electron chi connectivity index (χ2n) is 6.78. The Hall–Kier alpha value is -3.07. The lowest BCUT2D eigenvalue weighted by Gasteiger charge is -2.24. The van der Waals surface area contributed by atoms with Gasteiger partial charge in [0.1, 0.15) is 23.3 Å². The Morgan fingerprint density at radius 2 is 2.00 bits per heavy atom. The summed E-state index contributed by atoms with van der Waals surface area (Å²) >= 11 is 0. The van der Waals surface area contributed by atoms with E-state index in [0.29, 0.717) is 12.1 Å². The van der Waals surface area contributed by atoms with Crippen molar-refractivity contribution in [3.63, 3.8) is 0 Å². The Balaban J connectivity index is 2.15. The molecule has 1 aliphatic rings. The number of amides is 1. The smallest absolute Gasteiger partial charge is 0.275 e. The molecule has 0 bridgehead atoms. The van der Waals surface area contributed by atoms with Gasteiger partial charge in [-0.1, -0.05) is 18.2 Å². The molecular formula is C21H27N5O. The van der Waals surface area contributed by atoms with Crippen LogP contribution in [0.4, 0.5) is 0 Å². The molecule has 1 saturated carbocycles. The van der Waals surface area contributed by atoms with E-state index in [0.717, 1.165) is 30.6 Å². The van der Waals surface area contributed by atoms with Crippen molar-refractivity contribution in [3.05, 3.63) is 57.6 Å². The number of nitriles is 1. The number of aryl methyl sites for hydroxylation is 2. The molecule has 6 heteroatoms. The zero-order valence-corrected chi connectivity index (χ0v) is 16.4. The number of carbonyl (C=O) groups is 1. The fourth-order valence-electron chi connectivity index (χ4n) is 2.79. The number of nitrogens with one attached hydrogen (secondary N) is 2. The standard InChI is InChI=1S/C21H27N5O/c1-13-8-9-16(10-14(13)2)12-25-20(17-6-5-7-17)26-21(27)19(24-4)15(3)18(23)11-22/h8-10,25H,5-7,12,23H2,1-4H3,(H,26,27). The number of carbonyl (C=O) groups excluding carboxylic acids is 1. The van der Waals surface area contributed by atoms with Gasteiger partial charge in [-0.05, 0) is 62.3 Å². The molecule has 1 amide bonds. The number of rotatable bonds is 6. The van der Waals surface area contributed by atoms with Gasteiger partial charge in [0.25, 0.3) is 5.91 Å². The second kappa shape index (κ2) is 9.04. The van der Waals surface area contributed by atoms with Crippen molar-refractivity contribution in [3.8, 4) is 6.07 Å². The zero-order valence-electron chi connectivity index (χ0n) is 16.4. The summed E-state index contributed by atoms with van der Waals surface area (Å²) in [6.07, 6.45) is 3.04. The van der Waals surface area contributed by atoms with E-state index in [-0.39, 0.29) is 17.3 Å². The minimum atomic E-state index is -0.366. The van der Waals surface area contributed by atoms with Gasteiger partial charge in [-0.2, -0.15) is 5.26 Å². The molecule has 1 fully saturated rings. The Morgan fingerprint density at radius 1 is 1.30 bits per heavy atom. The van der Waals surface area contributed by atoms with Crippen LogP contribution in [0.15, 0.2) is 45.9 Å². The van der Waals surface area contributed by atoms with Gasteiger partial charge in [0.05, 0.1) is 0 Å². The average molecular weight is 365 g/mol. The first kappa shape index (κ1) is 20.2. The van der Waals surface area contributed by atoms with E-state index in [1.807, 2.05) is 6.07 Å². The van der Waals surface area contributed by atoms with Gasteiger partial charge in [-0.25, -0.2) is 0 Å². The first-order valence-electron chi connectivity index (χ1n) is 9.04. The summed E-state index contributed by atoms with van der Waals surface area (Å²) in [5.74, 6) is 0.365. The van der Waals surface area contributed by atoms with Crippen molar-refractivity contribution >= 4 is 11.6 Å². The van der Waals surface area contributed by atoms with Gasteiger partial charge >= 0.3 is 0 Å². The molecule has 1 aliphatic carbocycles. The predicted molar refractivity (Wildman–Crippen MR) is 108 cm³/mol. The average Bonchev–Trinajstić information content (AvgIpc) is 2.60. The lowest BCUT2D eigenvalue weighted by molar-refractivity contribution is -0.114. The van der Waals surface area contributed by atoms with Crippen molar-refractivity contribution in [2.75, 3.05) is 7.05 Å². The molecular weight excluding hydrogens is 338 g/mol. The summed E-state index contributed by atoms with van der Waals surface area (Å²) in [6, 6.07) is 8.19. The van der Waals surface area contributed by atoms with Crippen LogP contribution in [-0.4, -0.2) is 18.7 Å². The Bertz CT molecular complexity index is 865. The summed E-state index contributed by atoms with van der Waals surface area (Å²) in [5, 5.41) is 15.2. The van der Waals surface area contributed by atoms with E-state index >= 15 is 0 Å². The SMILES string of the molecule is CN=C(C(=O)NC(NCc1ccc(C)c(C)c1)=C1CCC1)C(C)=C(N)C#N. The van der Waals surface area contributed by atoms with Gasteiger partial charge in [0.2, 0.25) is 0 Å². The molecule has 0 atom stereocenters. The number of allylic oxidation sites excluding steroid dienone is 2. The molecule has 27 heavy (non-hydrogen) atoms. The van der Waals surface area contributed by atoms with E-state index in [1.165, 1.54) is 23.7 Å². The van der Waals surface area contributed by atoms with E-state index in [2.05, 4.69) is 47.7 Å². The summed E-state index contributed by atoms with van der Waals surface area (Å²) < 4.78 is 0. The Kier molecular flexibility index (Phi) is 6.78. The van der Waals surface area contributed by atoms with Gasteiger partial charge in [-0.15, -0.1) is 0 Å². The molecule has 0 aromatic heterocycles. The molecule has 2 rings (SSSR count). The lowest BCUT2D eigenvalue weighted by Crippen LogP contribution is -2.38. The molecule has 0 saturated heterocycles. The summed E-state index contributed by atoms with van der Waals surface area (Å²) in [7, 11) is 1.52. The molecule has 1 aromatic carbocycles. The highest BCUT2D eigenvalue weighted by atomic mass is 16.2. The van der Waals surface area contributed by atoms with Crippen molar-refractivity contribution in [1.82, 2.24) is 10.6 Å². The maximum absolute atomic E-state index is 12.7. The third-order valence-corrected chi connectivity index (χ3v) is 4.91. The van der Waals surface area contributed by atoms with Gasteiger partial charge in [0, 0.05) is 19.2 Å². The summed E-state index contributed by atoms with van der Waals surface area (Å²) in [6.45, 7) is 6.42. The molecule has 0 unspecified atom stereocenters. The number of hydrogen-bond acceptors (Lipinski definition) is 5. The van der Waals surface area contributed by atoms with Gasteiger partial charge < -0.3 is 16.4 Å². The molecule has 0 spiro atoms. The second-order valence-corrected chi connectivity index (χ2v) is 6.78. The lowest BCUT2D eigenvalue weighted by atomic mass is 9.92. The van der Waals surface area contributed by atoms with E-state index in [4.69, 9.17) is 11.0 Å². The first-order chi connectivity index (χ1) is 12.9. The van der Waals surface area contributed by atoms with Gasteiger partial charge in [0.15, 0.2) is 0 Å². The molecule has 142 valence electrons. The molecule has 0 aliphatic heterocycles. The molecule has 4 N–H and O–H groups in total. The monoisotopic (exact) mass is 365 g/mol. The maximum atomic E-state index is 12.7. The molecule has 6 nitrogen and oxygen atoms in total. The minimum Gasteiger partial charge on any atom is -0.390 e. The maximum Gasteiger partial charge on any atom is 0.275 e. The molecule has 0 radical (unpaired) electrons. The van der Waals surface area contributed by atoms with Crippen LogP contribution in [0.25, 0.3) is 0 Å². The van der Waals surface area contributed by atoms with Crippen LogP contribution < -0.4 is 16.4 Å².